The standard InChI is InChI=1S/C4H6O4S.Au/c5-2(4(8)9)1-3(6)7;/h2,5H,1H2,(H,6,7)(H,8,9);. The third-order valence-corrected chi connectivity index (χ3v) is 0.951. The summed E-state index contributed by atoms with van der Waals surface area (Å²) in [6, 6.07) is 0. The molecule has 1 atom stereocenters. The van der Waals surface area contributed by atoms with Crippen molar-refractivity contribution >= 4 is 23.7 Å². The molecule has 2 N–H and O–H groups in total. The maximum absolute atomic E-state index is 10.0. The van der Waals surface area contributed by atoms with E-state index in [1.54, 1.807) is 0 Å². The molecule has 0 aromatic heterocycles. The summed E-state index contributed by atoms with van der Waals surface area (Å²) in [4.78, 5) is 19.8. The molecule has 0 spiro atoms. The van der Waals surface area contributed by atoms with Gasteiger partial charge in [-0.1, -0.05) is 0 Å². The number of carboxylic acid groups (broad SMARTS) is 1. The Bertz CT molecular complexity index is 137. The molecule has 0 bridgehead atoms. The number of hydrogen-bond donors (Lipinski definition) is 3. The van der Waals surface area contributed by atoms with Crippen LogP contribution in [-0.4, -0.2) is 27.4 Å². The number of thiol groups is 1. The van der Waals surface area contributed by atoms with Crippen LogP contribution in [0.25, 0.3) is 0 Å². The van der Waals surface area contributed by atoms with E-state index in [1.807, 2.05) is 0 Å². The monoisotopic (exact) mass is 347 g/mol. The zero-order chi connectivity index (χ0) is 7.44. The van der Waals surface area contributed by atoms with Crippen LogP contribution >= 0.6 is 12.6 Å². The molecular formula is C4H6AuO4S. The molecule has 1 unspecified atom stereocenters. The quantitative estimate of drug-likeness (QED) is 0.465. The molecule has 0 aliphatic heterocycles. The summed E-state index contributed by atoms with van der Waals surface area (Å²) < 4.78 is 0. The minimum atomic E-state index is -1.48. The molecule has 0 saturated carbocycles. The van der Waals surface area contributed by atoms with Gasteiger partial charge in [0, 0.05) is 22.4 Å². The van der Waals surface area contributed by atoms with Gasteiger partial charge in [-0.05, 0) is 0 Å². The Hall–Kier alpha value is 0.190. The number of aliphatic hydroxyl groups is 1. The fourth-order valence-electron chi connectivity index (χ4n) is 0.253. The first kappa shape index (κ1) is 12.8. The summed E-state index contributed by atoms with van der Waals surface area (Å²) >= 11 is 3.22. The average Bonchev–Trinajstić information content (AvgIpc) is 1.63. The normalized spacial score (nSPS) is 11.4. The Kier molecular flexibility index (Phi) is 7.62. The van der Waals surface area contributed by atoms with Crippen molar-refractivity contribution in [1.29, 1.82) is 0 Å². The second-order valence-electron chi connectivity index (χ2n) is 1.45. The van der Waals surface area contributed by atoms with Gasteiger partial charge in [-0.2, -0.15) is 0 Å². The van der Waals surface area contributed by atoms with Crippen LogP contribution in [0.5, 0.6) is 0 Å². The molecule has 1 radical (unpaired) electrons. The van der Waals surface area contributed by atoms with Crippen LogP contribution < -0.4 is 0 Å². The minimum Gasteiger partial charge on any atom is -0.481 e. The Balaban J connectivity index is 0. The predicted molar refractivity (Wildman–Crippen MR) is 32.3 cm³/mol. The molecule has 63 valence electrons. The molecule has 0 aliphatic rings. The van der Waals surface area contributed by atoms with Gasteiger partial charge in [0.2, 0.25) is 5.12 Å². The number of aliphatic carboxylic acids is 1. The number of aliphatic hydroxyl groups excluding tert-OH is 1. The summed E-state index contributed by atoms with van der Waals surface area (Å²) in [5.74, 6) is -1.22. The molecule has 0 fully saturated rings. The molecule has 4 nitrogen and oxygen atoms in total. The third-order valence-electron chi connectivity index (χ3n) is 0.653. The van der Waals surface area contributed by atoms with E-state index in [2.05, 4.69) is 12.6 Å². The van der Waals surface area contributed by atoms with E-state index < -0.39 is 23.6 Å². The van der Waals surface area contributed by atoms with Crippen LogP contribution in [0.1, 0.15) is 6.42 Å². The zero-order valence-electron chi connectivity index (χ0n) is 4.74. The van der Waals surface area contributed by atoms with Gasteiger partial charge in [0.05, 0.1) is 6.42 Å². The van der Waals surface area contributed by atoms with Crippen molar-refractivity contribution in [3.63, 3.8) is 0 Å². The number of hydrogen-bond acceptors (Lipinski definition) is 3. The van der Waals surface area contributed by atoms with Crippen LogP contribution in [0.15, 0.2) is 0 Å². The second kappa shape index (κ2) is 5.94. The van der Waals surface area contributed by atoms with Gasteiger partial charge in [-0.3, -0.25) is 9.59 Å². The Labute approximate surface area is 78.5 Å². The van der Waals surface area contributed by atoms with E-state index in [-0.39, 0.29) is 22.4 Å². The molecule has 0 aromatic rings. The van der Waals surface area contributed by atoms with Gasteiger partial charge in [0.1, 0.15) is 6.10 Å². The largest absolute Gasteiger partial charge is 0.481 e. The fraction of sp³-hybridized carbons (Fsp3) is 0.500. The SMILES string of the molecule is O=C(O)CC(O)C(=O)S.[Au]. The molecule has 0 amide bonds. The predicted octanol–water partition coefficient (Wildman–Crippen LogP) is -0.724. The Morgan fingerprint density at radius 3 is 2.00 bits per heavy atom. The molecule has 0 heterocycles. The topological polar surface area (TPSA) is 74.6 Å². The molecule has 0 saturated heterocycles. The first-order chi connectivity index (χ1) is 4.04. The molecule has 0 aromatic carbocycles. The van der Waals surface area contributed by atoms with Crippen LogP contribution in [0.2, 0.25) is 0 Å². The van der Waals surface area contributed by atoms with Crippen molar-refractivity contribution in [3.05, 3.63) is 0 Å². The Morgan fingerprint density at radius 1 is 1.50 bits per heavy atom. The molecule has 0 aliphatic carbocycles. The minimum absolute atomic E-state index is 0. The fourth-order valence-corrected chi connectivity index (χ4v) is 0.344. The zero-order valence-corrected chi connectivity index (χ0v) is 7.80. The number of rotatable bonds is 3. The Morgan fingerprint density at radius 2 is 1.90 bits per heavy atom. The number of carbonyl (C=O) groups is 2. The van der Waals surface area contributed by atoms with Crippen LogP contribution in [0.4, 0.5) is 0 Å². The smallest absolute Gasteiger partial charge is 0.306 e. The van der Waals surface area contributed by atoms with Gasteiger partial charge in [-0.15, -0.1) is 12.6 Å². The van der Waals surface area contributed by atoms with Crippen molar-refractivity contribution in [2.75, 3.05) is 0 Å². The van der Waals surface area contributed by atoms with Crippen LogP contribution in [0, 0.1) is 0 Å². The van der Waals surface area contributed by atoms with Crippen molar-refractivity contribution in [2.24, 2.45) is 0 Å². The van der Waals surface area contributed by atoms with E-state index in [1.165, 1.54) is 0 Å². The maximum Gasteiger partial charge on any atom is 0.306 e. The molecule has 0 rings (SSSR count). The molecule has 6 heteroatoms. The first-order valence-corrected chi connectivity index (χ1v) is 2.61. The van der Waals surface area contributed by atoms with E-state index in [4.69, 9.17) is 10.2 Å². The summed E-state index contributed by atoms with van der Waals surface area (Å²) in [5.41, 5.74) is 0. The average molecular weight is 347 g/mol. The van der Waals surface area contributed by atoms with Crippen molar-refractivity contribution in [2.45, 2.75) is 12.5 Å². The molecule has 10 heavy (non-hydrogen) atoms. The van der Waals surface area contributed by atoms with Crippen molar-refractivity contribution < 1.29 is 42.2 Å². The second-order valence-corrected chi connectivity index (χ2v) is 1.89. The van der Waals surface area contributed by atoms with E-state index in [0.717, 1.165) is 0 Å². The number of carboxylic acids is 1. The van der Waals surface area contributed by atoms with Gasteiger partial charge in [0.15, 0.2) is 0 Å². The van der Waals surface area contributed by atoms with Gasteiger partial charge >= 0.3 is 5.97 Å². The van der Waals surface area contributed by atoms with E-state index in [9.17, 15) is 9.59 Å². The molecular weight excluding hydrogens is 341 g/mol. The van der Waals surface area contributed by atoms with E-state index >= 15 is 0 Å². The van der Waals surface area contributed by atoms with E-state index in [0.29, 0.717) is 0 Å². The summed E-state index contributed by atoms with van der Waals surface area (Å²) in [7, 11) is 0. The van der Waals surface area contributed by atoms with Crippen molar-refractivity contribution in [1.82, 2.24) is 0 Å². The van der Waals surface area contributed by atoms with Crippen molar-refractivity contribution in [3.8, 4) is 0 Å². The van der Waals surface area contributed by atoms with Crippen LogP contribution in [0.3, 0.4) is 0 Å². The number of carbonyl (C=O) groups excluding carboxylic acids is 1. The third kappa shape index (κ3) is 6.31. The van der Waals surface area contributed by atoms with Gasteiger partial charge < -0.3 is 10.2 Å². The van der Waals surface area contributed by atoms with Gasteiger partial charge in [0.25, 0.3) is 0 Å². The maximum atomic E-state index is 10.0. The first-order valence-electron chi connectivity index (χ1n) is 2.16. The summed E-state index contributed by atoms with van der Waals surface area (Å²) in [6.45, 7) is 0. The van der Waals surface area contributed by atoms with Crippen LogP contribution in [-0.2, 0) is 32.0 Å². The summed E-state index contributed by atoms with van der Waals surface area (Å²) in [6.07, 6.45) is -2.06. The summed E-state index contributed by atoms with van der Waals surface area (Å²) in [5, 5.41) is 15.7. The van der Waals surface area contributed by atoms with Gasteiger partial charge in [-0.25, -0.2) is 0 Å².